The van der Waals surface area contributed by atoms with E-state index in [-0.39, 0.29) is 0 Å². The Labute approximate surface area is 136 Å². The minimum atomic E-state index is 0.968. The molecule has 0 saturated carbocycles. The van der Waals surface area contributed by atoms with Crippen molar-refractivity contribution in [1.29, 1.82) is 0 Å². The monoisotopic (exact) mass is 296 g/mol. The molecule has 0 aliphatic rings. The smallest absolute Gasteiger partial charge is 0.0443 e. The standard InChI is InChI=1S/C21H44/c1-5-7-12-16-20(3)18-14-10-9-11-15-19-21(4)17-13-8-6-2/h20-21H,5-19H2,1-4H3. The van der Waals surface area contributed by atoms with E-state index in [0.717, 1.165) is 11.8 Å². The quantitative estimate of drug-likeness (QED) is 0.252. The Kier molecular flexibility index (Phi) is 16.4. The van der Waals surface area contributed by atoms with Crippen LogP contribution in [0, 0.1) is 11.8 Å². The van der Waals surface area contributed by atoms with Crippen molar-refractivity contribution in [2.45, 2.75) is 124 Å². The van der Waals surface area contributed by atoms with Crippen LogP contribution >= 0.6 is 0 Å². The molecule has 0 nitrogen and oxygen atoms in total. The Hall–Kier alpha value is 0. The minimum Gasteiger partial charge on any atom is -0.0654 e. The van der Waals surface area contributed by atoms with Crippen molar-refractivity contribution in [3.8, 4) is 0 Å². The molecule has 128 valence electrons. The van der Waals surface area contributed by atoms with Gasteiger partial charge in [-0.3, -0.25) is 0 Å². The van der Waals surface area contributed by atoms with Crippen LogP contribution in [0.3, 0.4) is 0 Å². The van der Waals surface area contributed by atoms with Crippen LogP contribution in [0.4, 0.5) is 0 Å². The molecule has 0 aromatic rings. The molecular formula is C21H44. The van der Waals surface area contributed by atoms with Gasteiger partial charge in [0.1, 0.15) is 0 Å². The predicted octanol–water partition coefficient (Wildman–Crippen LogP) is 8.15. The fourth-order valence-corrected chi connectivity index (χ4v) is 3.29. The highest BCUT2D eigenvalue weighted by molar-refractivity contribution is 4.57. The van der Waals surface area contributed by atoms with Crippen LogP contribution in [-0.4, -0.2) is 0 Å². The highest BCUT2D eigenvalue weighted by atomic mass is 14.1. The van der Waals surface area contributed by atoms with Crippen LogP contribution in [-0.2, 0) is 0 Å². The van der Waals surface area contributed by atoms with Crippen LogP contribution in [0.1, 0.15) is 124 Å². The van der Waals surface area contributed by atoms with Gasteiger partial charge in [0.05, 0.1) is 0 Å². The van der Waals surface area contributed by atoms with Gasteiger partial charge in [-0.2, -0.15) is 0 Å². The third-order valence-electron chi connectivity index (χ3n) is 4.99. The normalized spacial score (nSPS) is 14.3. The number of hydrogen-bond donors (Lipinski definition) is 0. The molecule has 21 heavy (non-hydrogen) atoms. The van der Waals surface area contributed by atoms with E-state index in [9.17, 15) is 0 Å². The average Bonchev–Trinajstić information content (AvgIpc) is 2.47. The van der Waals surface area contributed by atoms with E-state index in [1.165, 1.54) is 96.3 Å². The first-order chi connectivity index (χ1) is 10.2. The second kappa shape index (κ2) is 16.4. The average molecular weight is 297 g/mol. The summed E-state index contributed by atoms with van der Waals surface area (Å²) < 4.78 is 0. The zero-order valence-corrected chi connectivity index (χ0v) is 15.8. The molecule has 0 bridgehead atoms. The van der Waals surface area contributed by atoms with Gasteiger partial charge in [-0.05, 0) is 11.8 Å². The summed E-state index contributed by atoms with van der Waals surface area (Å²) in [4.78, 5) is 0. The molecule has 0 spiro atoms. The second-order valence-corrected chi connectivity index (χ2v) is 7.55. The van der Waals surface area contributed by atoms with Crippen molar-refractivity contribution >= 4 is 0 Å². The topological polar surface area (TPSA) is 0 Å². The van der Waals surface area contributed by atoms with Crippen molar-refractivity contribution in [3.63, 3.8) is 0 Å². The van der Waals surface area contributed by atoms with Gasteiger partial charge in [0.25, 0.3) is 0 Å². The van der Waals surface area contributed by atoms with Gasteiger partial charge in [0.2, 0.25) is 0 Å². The van der Waals surface area contributed by atoms with Gasteiger partial charge in [-0.25, -0.2) is 0 Å². The first kappa shape index (κ1) is 21.0. The molecule has 0 fully saturated rings. The lowest BCUT2D eigenvalue weighted by Crippen LogP contribution is -1.96. The molecule has 0 amide bonds. The molecule has 0 heteroatoms. The molecule has 0 radical (unpaired) electrons. The van der Waals surface area contributed by atoms with Crippen LogP contribution in [0.25, 0.3) is 0 Å². The first-order valence-electron chi connectivity index (χ1n) is 10.2. The molecule has 0 aliphatic heterocycles. The first-order valence-corrected chi connectivity index (χ1v) is 10.2. The Bertz CT molecular complexity index is 164. The van der Waals surface area contributed by atoms with Gasteiger partial charge >= 0.3 is 0 Å². The minimum absolute atomic E-state index is 0.968. The fraction of sp³-hybridized carbons (Fsp3) is 1.00. The SMILES string of the molecule is CCCCCC(C)CCCCCCCC(C)CCCCC. The summed E-state index contributed by atoms with van der Waals surface area (Å²) in [6.45, 7) is 9.51. The van der Waals surface area contributed by atoms with Gasteiger partial charge in [0.15, 0.2) is 0 Å². The molecule has 0 rings (SSSR count). The summed E-state index contributed by atoms with van der Waals surface area (Å²) in [5.41, 5.74) is 0. The maximum atomic E-state index is 2.45. The summed E-state index contributed by atoms with van der Waals surface area (Å²) in [6.07, 6.45) is 21.7. The summed E-state index contributed by atoms with van der Waals surface area (Å²) in [5, 5.41) is 0. The van der Waals surface area contributed by atoms with Crippen molar-refractivity contribution in [2.75, 3.05) is 0 Å². The Morgan fingerprint density at radius 1 is 0.429 bits per heavy atom. The van der Waals surface area contributed by atoms with Crippen molar-refractivity contribution < 1.29 is 0 Å². The molecule has 0 N–H and O–H groups in total. The molecule has 0 aromatic carbocycles. The van der Waals surface area contributed by atoms with Crippen molar-refractivity contribution in [1.82, 2.24) is 0 Å². The fourth-order valence-electron chi connectivity index (χ4n) is 3.29. The lowest BCUT2D eigenvalue weighted by atomic mass is 9.95. The number of hydrogen-bond acceptors (Lipinski definition) is 0. The highest BCUT2D eigenvalue weighted by Gasteiger charge is 2.03. The zero-order chi connectivity index (χ0) is 15.8. The number of rotatable bonds is 16. The molecule has 2 atom stereocenters. The van der Waals surface area contributed by atoms with Crippen LogP contribution in [0.15, 0.2) is 0 Å². The Morgan fingerprint density at radius 2 is 0.714 bits per heavy atom. The van der Waals surface area contributed by atoms with E-state index in [4.69, 9.17) is 0 Å². The van der Waals surface area contributed by atoms with Crippen molar-refractivity contribution in [3.05, 3.63) is 0 Å². The summed E-state index contributed by atoms with van der Waals surface area (Å²) >= 11 is 0. The molecule has 2 unspecified atom stereocenters. The largest absolute Gasteiger partial charge is 0.0654 e. The summed E-state index contributed by atoms with van der Waals surface area (Å²) in [7, 11) is 0. The van der Waals surface area contributed by atoms with Gasteiger partial charge in [-0.1, -0.05) is 124 Å². The number of unbranched alkanes of at least 4 members (excludes halogenated alkanes) is 8. The van der Waals surface area contributed by atoms with Crippen molar-refractivity contribution in [2.24, 2.45) is 11.8 Å². The molecule has 0 aromatic heterocycles. The van der Waals surface area contributed by atoms with E-state index in [1.807, 2.05) is 0 Å². The van der Waals surface area contributed by atoms with Crippen LogP contribution < -0.4 is 0 Å². The lowest BCUT2D eigenvalue weighted by Gasteiger charge is -2.12. The highest BCUT2D eigenvalue weighted by Crippen LogP contribution is 2.19. The van der Waals surface area contributed by atoms with E-state index in [1.54, 1.807) is 0 Å². The Morgan fingerprint density at radius 3 is 1.05 bits per heavy atom. The zero-order valence-electron chi connectivity index (χ0n) is 15.8. The van der Waals surface area contributed by atoms with Gasteiger partial charge in [0, 0.05) is 0 Å². The van der Waals surface area contributed by atoms with E-state index in [0.29, 0.717) is 0 Å². The third kappa shape index (κ3) is 16.2. The molecular weight excluding hydrogens is 252 g/mol. The second-order valence-electron chi connectivity index (χ2n) is 7.55. The van der Waals surface area contributed by atoms with Gasteiger partial charge < -0.3 is 0 Å². The lowest BCUT2D eigenvalue weighted by molar-refractivity contribution is 0.421. The summed E-state index contributed by atoms with van der Waals surface area (Å²) in [5.74, 6) is 1.94. The molecule has 0 heterocycles. The maximum Gasteiger partial charge on any atom is -0.0443 e. The Balaban J connectivity index is 3.21. The van der Waals surface area contributed by atoms with Gasteiger partial charge in [-0.15, -0.1) is 0 Å². The van der Waals surface area contributed by atoms with E-state index < -0.39 is 0 Å². The third-order valence-corrected chi connectivity index (χ3v) is 4.99. The van der Waals surface area contributed by atoms with Crippen LogP contribution in [0.2, 0.25) is 0 Å². The van der Waals surface area contributed by atoms with E-state index >= 15 is 0 Å². The molecule has 0 saturated heterocycles. The predicted molar refractivity (Wildman–Crippen MR) is 98.9 cm³/mol. The molecule has 0 aliphatic carbocycles. The van der Waals surface area contributed by atoms with Crippen LogP contribution in [0.5, 0.6) is 0 Å². The summed E-state index contributed by atoms with van der Waals surface area (Å²) in [6, 6.07) is 0. The maximum absolute atomic E-state index is 2.45. The van der Waals surface area contributed by atoms with E-state index in [2.05, 4.69) is 27.7 Å².